The van der Waals surface area contributed by atoms with Crippen LogP contribution < -0.4 is 5.32 Å². The number of amides is 1. The van der Waals surface area contributed by atoms with Crippen LogP contribution in [-0.4, -0.2) is 33.1 Å². The summed E-state index contributed by atoms with van der Waals surface area (Å²) in [4.78, 5) is 21.3. The molecule has 0 spiro atoms. The number of pyridine rings is 1. The van der Waals surface area contributed by atoms with Crippen LogP contribution in [0, 0.1) is 5.92 Å². The molecule has 1 saturated carbocycles. The fraction of sp³-hybridized carbons (Fsp3) is 0.500. The van der Waals surface area contributed by atoms with Crippen molar-refractivity contribution in [2.45, 2.75) is 51.2 Å². The van der Waals surface area contributed by atoms with E-state index in [1.165, 1.54) is 11.3 Å². The van der Waals surface area contributed by atoms with Gasteiger partial charge in [-0.15, -0.1) is 11.3 Å². The van der Waals surface area contributed by atoms with Gasteiger partial charge in [0.1, 0.15) is 0 Å². The zero-order chi connectivity index (χ0) is 17.1. The van der Waals surface area contributed by atoms with E-state index in [1.807, 2.05) is 23.6 Å². The van der Waals surface area contributed by atoms with Gasteiger partial charge in [0.25, 0.3) is 5.91 Å². The van der Waals surface area contributed by atoms with Crippen molar-refractivity contribution >= 4 is 17.2 Å². The lowest BCUT2D eigenvalue weighted by molar-refractivity contribution is 0.0238. The van der Waals surface area contributed by atoms with Crippen molar-refractivity contribution in [3.05, 3.63) is 46.2 Å². The highest BCUT2D eigenvalue weighted by molar-refractivity contribution is 7.11. The number of hydrogen-bond acceptors (Lipinski definition) is 5. The number of nitrogens with one attached hydrogen (secondary N) is 1. The number of carbonyl (C=O) groups excluding carboxylic acids is 1. The molecule has 2 N–H and O–H groups in total. The first-order chi connectivity index (χ1) is 11.5. The highest BCUT2D eigenvalue weighted by Gasteiger charge is 2.35. The molecular formula is C18H23N3O2S. The van der Waals surface area contributed by atoms with Gasteiger partial charge in [-0.25, -0.2) is 4.98 Å². The van der Waals surface area contributed by atoms with Crippen molar-refractivity contribution in [3.63, 3.8) is 0 Å². The number of aliphatic hydroxyl groups is 1. The lowest BCUT2D eigenvalue weighted by Gasteiger charge is -2.37. The Bertz CT molecular complexity index is 681. The summed E-state index contributed by atoms with van der Waals surface area (Å²) >= 11 is 1.38. The number of rotatable bonds is 6. The van der Waals surface area contributed by atoms with Crippen molar-refractivity contribution in [2.24, 2.45) is 5.92 Å². The lowest BCUT2D eigenvalue weighted by atomic mass is 9.76. The van der Waals surface area contributed by atoms with E-state index in [9.17, 15) is 9.90 Å². The molecule has 1 unspecified atom stereocenters. The summed E-state index contributed by atoms with van der Waals surface area (Å²) < 4.78 is 0. The van der Waals surface area contributed by atoms with E-state index in [1.54, 1.807) is 6.20 Å². The van der Waals surface area contributed by atoms with Gasteiger partial charge in [0.05, 0.1) is 11.8 Å². The SMILES string of the molecule is CC(C)c1csc(C(=O)NC(Cc2ccccn2)C2CC(O)C2)n1. The van der Waals surface area contributed by atoms with E-state index in [2.05, 4.69) is 29.1 Å². The predicted octanol–water partition coefficient (Wildman–Crippen LogP) is 2.77. The fourth-order valence-electron chi connectivity index (χ4n) is 2.92. The molecule has 5 nitrogen and oxygen atoms in total. The predicted molar refractivity (Wildman–Crippen MR) is 94.1 cm³/mol. The summed E-state index contributed by atoms with van der Waals surface area (Å²) in [7, 11) is 0. The van der Waals surface area contributed by atoms with Crippen LogP contribution in [0.1, 0.15) is 53.8 Å². The van der Waals surface area contributed by atoms with Gasteiger partial charge in [-0.3, -0.25) is 9.78 Å². The van der Waals surface area contributed by atoms with Gasteiger partial charge < -0.3 is 10.4 Å². The molecule has 2 aromatic rings. The zero-order valence-electron chi connectivity index (χ0n) is 14.0. The van der Waals surface area contributed by atoms with Gasteiger partial charge in [0.15, 0.2) is 5.01 Å². The van der Waals surface area contributed by atoms with Crippen LogP contribution in [0.15, 0.2) is 29.8 Å². The van der Waals surface area contributed by atoms with Gasteiger partial charge in [-0.2, -0.15) is 0 Å². The minimum atomic E-state index is -0.245. The van der Waals surface area contributed by atoms with E-state index in [0.29, 0.717) is 17.3 Å². The van der Waals surface area contributed by atoms with Crippen molar-refractivity contribution in [3.8, 4) is 0 Å². The summed E-state index contributed by atoms with van der Waals surface area (Å²) in [5, 5.41) is 15.2. The van der Waals surface area contributed by atoms with E-state index in [-0.39, 0.29) is 24.0 Å². The molecule has 0 aromatic carbocycles. The van der Waals surface area contributed by atoms with Gasteiger partial charge >= 0.3 is 0 Å². The van der Waals surface area contributed by atoms with Crippen LogP contribution in [0.5, 0.6) is 0 Å². The number of aromatic nitrogens is 2. The molecule has 1 amide bonds. The Balaban J connectivity index is 1.69. The van der Waals surface area contributed by atoms with E-state index >= 15 is 0 Å². The largest absolute Gasteiger partial charge is 0.393 e. The first kappa shape index (κ1) is 17.0. The molecule has 1 aliphatic carbocycles. The van der Waals surface area contributed by atoms with Gasteiger partial charge in [-0.05, 0) is 36.8 Å². The Morgan fingerprint density at radius 1 is 1.42 bits per heavy atom. The van der Waals surface area contributed by atoms with Crippen LogP contribution in [0.2, 0.25) is 0 Å². The summed E-state index contributed by atoms with van der Waals surface area (Å²) in [5.41, 5.74) is 1.90. The first-order valence-corrected chi connectivity index (χ1v) is 9.25. The molecule has 0 aliphatic heterocycles. The van der Waals surface area contributed by atoms with Crippen molar-refractivity contribution in [1.29, 1.82) is 0 Å². The monoisotopic (exact) mass is 345 g/mol. The number of carbonyl (C=O) groups is 1. The van der Waals surface area contributed by atoms with Crippen molar-refractivity contribution < 1.29 is 9.90 Å². The van der Waals surface area contributed by atoms with Crippen LogP contribution in [-0.2, 0) is 6.42 Å². The van der Waals surface area contributed by atoms with Gasteiger partial charge in [-0.1, -0.05) is 19.9 Å². The maximum Gasteiger partial charge on any atom is 0.280 e. The third kappa shape index (κ3) is 3.99. The summed E-state index contributed by atoms with van der Waals surface area (Å²) in [6.45, 7) is 4.13. The van der Waals surface area contributed by atoms with Crippen molar-refractivity contribution in [2.75, 3.05) is 0 Å². The molecule has 0 saturated heterocycles. The maximum absolute atomic E-state index is 12.6. The Hall–Kier alpha value is -1.79. The Labute approximate surface area is 146 Å². The van der Waals surface area contributed by atoms with E-state index in [4.69, 9.17) is 0 Å². The van der Waals surface area contributed by atoms with Crippen molar-refractivity contribution in [1.82, 2.24) is 15.3 Å². The summed E-state index contributed by atoms with van der Waals surface area (Å²) in [6, 6.07) is 5.77. The molecule has 1 fully saturated rings. The lowest BCUT2D eigenvalue weighted by Crippen LogP contribution is -2.48. The van der Waals surface area contributed by atoms with Gasteiger partial charge in [0.2, 0.25) is 0 Å². The normalized spacial score (nSPS) is 21.3. The van der Waals surface area contributed by atoms with Gasteiger partial charge in [0, 0.05) is 29.7 Å². The average Bonchev–Trinajstić information content (AvgIpc) is 3.02. The summed E-state index contributed by atoms with van der Waals surface area (Å²) in [5.74, 6) is 0.471. The second-order valence-electron chi connectivity index (χ2n) is 6.72. The molecule has 0 radical (unpaired) electrons. The summed E-state index contributed by atoms with van der Waals surface area (Å²) in [6.07, 6.45) is 3.65. The number of thiazole rings is 1. The molecule has 1 aliphatic rings. The first-order valence-electron chi connectivity index (χ1n) is 8.37. The molecule has 1 atom stereocenters. The van der Waals surface area contributed by atoms with E-state index in [0.717, 1.165) is 24.2 Å². The van der Waals surface area contributed by atoms with Crippen LogP contribution in [0.25, 0.3) is 0 Å². The Kier molecular flexibility index (Phi) is 5.26. The van der Waals surface area contributed by atoms with E-state index < -0.39 is 0 Å². The molecule has 6 heteroatoms. The molecule has 24 heavy (non-hydrogen) atoms. The third-order valence-corrected chi connectivity index (χ3v) is 5.36. The highest BCUT2D eigenvalue weighted by atomic mass is 32.1. The standard InChI is InChI=1S/C18H23N3O2S/c1-11(2)16-10-24-18(21-16)17(23)20-15(12-7-14(22)8-12)9-13-5-3-4-6-19-13/h3-6,10-12,14-15,22H,7-9H2,1-2H3,(H,20,23). The van der Waals surface area contributed by atoms with Crippen LogP contribution in [0.4, 0.5) is 0 Å². The highest BCUT2D eigenvalue weighted by Crippen LogP contribution is 2.32. The Morgan fingerprint density at radius 3 is 2.79 bits per heavy atom. The number of aliphatic hydroxyl groups excluding tert-OH is 1. The van der Waals surface area contributed by atoms with Crippen LogP contribution in [0.3, 0.4) is 0 Å². The van der Waals surface area contributed by atoms with Crippen LogP contribution >= 0.6 is 11.3 Å². The average molecular weight is 345 g/mol. The number of nitrogens with zero attached hydrogens (tertiary/aromatic N) is 2. The topological polar surface area (TPSA) is 75.1 Å². The Morgan fingerprint density at radius 2 is 2.21 bits per heavy atom. The third-order valence-electron chi connectivity index (χ3n) is 4.50. The molecule has 128 valence electrons. The quantitative estimate of drug-likeness (QED) is 0.844. The molecule has 2 aromatic heterocycles. The smallest absolute Gasteiger partial charge is 0.280 e. The second kappa shape index (κ2) is 7.40. The zero-order valence-corrected chi connectivity index (χ0v) is 14.8. The minimum absolute atomic E-state index is 0.0257. The maximum atomic E-state index is 12.6. The molecular weight excluding hydrogens is 322 g/mol. The molecule has 0 bridgehead atoms. The minimum Gasteiger partial charge on any atom is -0.393 e. The fourth-order valence-corrected chi connectivity index (χ4v) is 3.81. The molecule has 2 heterocycles. The molecule has 3 rings (SSSR count). The second-order valence-corrected chi connectivity index (χ2v) is 7.58. The number of hydrogen-bond donors (Lipinski definition) is 2.